The molecule has 0 radical (unpaired) electrons. The Kier molecular flexibility index (Phi) is 5.03. The lowest BCUT2D eigenvalue weighted by molar-refractivity contribution is -0.0761. The lowest BCUT2D eigenvalue weighted by atomic mass is 9.73. The van der Waals surface area contributed by atoms with Crippen LogP contribution >= 0.6 is 0 Å². The van der Waals surface area contributed by atoms with Gasteiger partial charge in [-0.3, -0.25) is 0 Å². The first-order valence-electron chi connectivity index (χ1n) is 10.8. The topological polar surface area (TPSA) is 47.3 Å². The van der Waals surface area contributed by atoms with E-state index in [1.807, 2.05) is 23.0 Å². The number of halogens is 1. The van der Waals surface area contributed by atoms with Gasteiger partial charge in [0.25, 0.3) is 0 Å². The molecule has 0 aliphatic heterocycles. The summed E-state index contributed by atoms with van der Waals surface area (Å²) < 4.78 is 21.8. The molecule has 0 bridgehead atoms. The first-order chi connectivity index (χ1) is 15.0. The van der Waals surface area contributed by atoms with Crippen LogP contribution in [0.2, 0.25) is 0 Å². The predicted molar refractivity (Wildman–Crippen MR) is 118 cm³/mol. The molecule has 2 aliphatic rings. The maximum absolute atomic E-state index is 13.3. The molecule has 1 fully saturated rings. The van der Waals surface area contributed by atoms with E-state index in [1.165, 1.54) is 23.3 Å². The Morgan fingerprint density at radius 3 is 2.81 bits per heavy atom. The molecule has 5 rings (SSSR count). The van der Waals surface area contributed by atoms with Gasteiger partial charge >= 0.3 is 0 Å². The maximum atomic E-state index is 13.3. The van der Waals surface area contributed by atoms with Crippen LogP contribution in [0.1, 0.15) is 48.3 Å². The Bertz CT molecular complexity index is 1130. The second kappa shape index (κ2) is 7.74. The van der Waals surface area contributed by atoms with E-state index < -0.39 is 0 Å². The number of aromatic nitrogens is 2. The summed E-state index contributed by atoms with van der Waals surface area (Å²) in [7, 11) is 0. The third-order valence-corrected chi connectivity index (χ3v) is 6.85. The van der Waals surface area contributed by atoms with Crippen molar-refractivity contribution in [3.05, 3.63) is 88.5 Å². The predicted octanol–water partition coefficient (Wildman–Crippen LogP) is 5.18. The van der Waals surface area contributed by atoms with Crippen LogP contribution in [0.5, 0.6) is 0 Å². The summed E-state index contributed by atoms with van der Waals surface area (Å²) in [4.78, 5) is 0. The smallest absolute Gasteiger partial charge is 0.123 e. The van der Waals surface area contributed by atoms with Gasteiger partial charge in [-0.05, 0) is 67.7 Å². The SMILES string of the molecule is Cc1cccc(C(CO)OC2CCC3=Cc4c(cnn4-c4ccc(F)cc4)CC32C)c1. The van der Waals surface area contributed by atoms with Crippen molar-refractivity contribution in [1.82, 2.24) is 9.78 Å². The van der Waals surface area contributed by atoms with Crippen molar-refractivity contribution in [2.45, 2.75) is 45.3 Å². The minimum atomic E-state index is -0.329. The number of aliphatic hydroxyl groups excluding tert-OH is 1. The molecule has 1 aromatic heterocycles. The molecule has 3 unspecified atom stereocenters. The van der Waals surface area contributed by atoms with E-state index in [2.05, 4.69) is 37.2 Å². The van der Waals surface area contributed by atoms with Gasteiger partial charge in [0.05, 0.1) is 30.3 Å². The zero-order chi connectivity index (χ0) is 21.6. The number of rotatable bonds is 5. The van der Waals surface area contributed by atoms with Gasteiger partial charge in [-0.25, -0.2) is 9.07 Å². The summed E-state index contributed by atoms with van der Waals surface area (Å²) in [5, 5.41) is 14.6. The molecule has 1 saturated carbocycles. The lowest BCUT2D eigenvalue weighted by Crippen LogP contribution is -2.36. The Labute approximate surface area is 182 Å². The van der Waals surface area contributed by atoms with Crippen molar-refractivity contribution in [1.29, 1.82) is 0 Å². The quantitative estimate of drug-likeness (QED) is 0.621. The van der Waals surface area contributed by atoms with Crippen LogP contribution in [0.15, 0.2) is 60.3 Å². The number of fused-ring (bicyclic) bond motifs is 2. The number of aliphatic hydroxyl groups is 1. The van der Waals surface area contributed by atoms with Gasteiger partial charge in [0.15, 0.2) is 0 Å². The zero-order valence-corrected chi connectivity index (χ0v) is 17.9. The molecule has 2 aromatic carbocycles. The average molecular weight is 419 g/mol. The maximum Gasteiger partial charge on any atom is 0.123 e. The number of hydrogen-bond acceptors (Lipinski definition) is 3. The third kappa shape index (κ3) is 3.52. The van der Waals surface area contributed by atoms with Gasteiger partial charge in [0, 0.05) is 5.41 Å². The average Bonchev–Trinajstić information content (AvgIpc) is 3.30. The van der Waals surface area contributed by atoms with Crippen LogP contribution in [0.3, 0.4) is 0 Å². The van der Waals surface area contributed by atoms with E-state index in [1.54, 1.807) is 12.1 Å². The first-order valence-corrected chi connectivity index (χ1v) is 10.8. The number of hydrogen-bond donors (Lipinski definition) is 1. The van der Waals surface area contributed by atoms with Crippen molar-refractivity contribution in [3.8, 4) is 5.69 Å². The Morgan fingerprint density at radius 2 is 2.06 bits per heavy atom. The fraction of sp³-hybridized carbons (Fsp3) is 0.346. The molecular weight excluding hydrogens is 391 g/mol. The zero-order valence-electron chi connectivity index (χ0n) is 17.9. The van der Waals surface area contributed by atoms with Gasteiger partial charge in [-0.1, -0.05) is 42.3 Å². The largest absolute Gasteiger partial charge is 0.393 e. The van der Waals surface area contributed by atoms with Gasteiger partial charge in [0.1, 0.15) is 11.9 Å². The second-order valence-corrected chi connectivity index (χ2v) is 8.96. The van der Waals surface area contributed by atoms with E-state index in [-0.39, 0.29) is 30.0 Å². The molecule has 1 N–H and O–H groups in total. The molecular formula is C26H27FN2O2. The Morgan fingerprint density at radius 1 is 1.26 bits per heavy atom. The number of ether oxygens (including phenoxy) is 1. The van der Waals surface area contributed by atoms with Crippen LogP contribution in [0, 0.1) is 18.2 Å². The fourth-order valence-corrected chi connectivity index (χ4v) is 5.11. The molecule has 0 amide bonds. The van der Waals surface area contributed by atoms with E-state index in [0.717, 1.165) is 41.8 Å². The summed E-state index contributed by atoms with van der Waals surface area (Å²) in [6.45, 7) is 4.28. The van der Waals surface area contributed by atoms with Crippen molar-refractivity contribution < 1.29 is 14.2 Å². The summed E-state index contributed by atoms with van der Waals surface area (Å²) in [5.74, 6) is -0.251. The van der Waals surface area contributed by atoms with Crippen LogP contribution in [-0.2, 0) is 11.2 Å². The van der Waals surface area contributed by atoms with Crippen LogP contribution in [-0.4, -0.2) is 27.6 Å². The van der Waals surface area contributed by atoms with Crippen LogP contribution < -0.4 is 0 Å². The molecule has 160 valence electrons. The summed E-state index contributed by atoms with van der Waals surface area (Å²) >= 11 is 0. The van der Waals surface area contributed by atoms with E-state index in [0.29, 0.717) is 0 Å². The van der Waals surface area contributed by atoms with E-state index in [4.69, 9.17) is 4.74 Å². The molecule has 31 heavy (non-hydrogen) atoms. The molecule has 0 spiro atoms. The Hall–Kier alpha value is -2.76. The highest BCUT2D eigenvalue weighted by Gasteiger charge is 2.47. The van der Waals surface area contributed by atoms with Crippen molar-refractivity contribution in [2.75, 3.05) is 6.61 Å². The van der Waals surface area contributed by atoms with Gasteiger partial charge < -0.3 is 9.84 Å². The number of benzene rings is 2. The van der Waals surface area contributed by atoms with Gasteiger partial charge in [-0.15, -0.1) is 0 Å². The monoisotopic (exact) mass is 418 g/mol. The Balaban J connectivity index is 1.43. The highest BCUT2D eigenvalue weighted by atomic mass is 19.1. The minimum Gasteiger partial charge on any atom is -0.393 e. The fourth-order valence-electron chi connectivity index (χ4n) is 5.11. The van der Waals surface area contributed by atoms with Crippen molar-refractivity contribution >= 4 is 6.08 Å². The number of aryl methyl sites for hydroxylation is 1. The van der Waals surface area contributed by atoms with Crippen molar-refractivity contribution in [2.24, 2.45) is 5.41 Å². The van der Waals surface area contributed by atoms with Crippen LogP contribution in [0.25, 0.3) is 11.8 Å². The summed E-state index contributed by atoms with van der Waals surface area (Å²) in [5.41, 5.74) is 6.50. The van der Waals surface area contributed by atoms with Gasteiger partial charge in [-0.2, -0.15) is 5.10 Å². The molecule has 0 saturated heterocycles. The molecule has 3 aromatic rings. The normalized spacial score (nSPS) is 23.2. The minimum absolute atomic E-state index is 0.0266. The third-order valence-electron chi connectivity index (χ3n) is 6.85. The number of nitrogens with zero attached hydrogens (tertiary/aromatic N) is 2. The highest BCUT2D eigenvalue weighted by Crippen LogP contribution is 2.51. The molecule has 1 heterocycles. The molecule has 4 nitrogen and oxygen atoms in total. The van der Waals surface area contributed by atoms with E-state index in [9.17, 15) is 9.50 Å². The summed E-state index contributed by atoms with van der Waals surface area (Å²) in [6, 6.07) is 14.6. The standard InChI is InChI=1S/C26H27FN2O2/c1-17-4-3-5-18(12-17)24(16-30)31-25-11-6-20-13-23-19(14-26(20,25)2)15-28-29(23)22-9-7-21(27)8-10-22/h3-5,7-10,12-13,15,24-25,30H,6,11,14,16H2,1-2H3. The molecule has 5 heteroatoms. The van der Waals surface area contributed by atoms with Gasteiger partial charge in [0.2, 0.25) is 0 Å². The highest BCUT2D eigenvalue weighted by molar-refractivity contribution is 5.62. The first kappa shape index (κ1) is 20.2. The van der Waals surface area contributed by atoms with E-state index >= 15 is 0 Å². The molecule has 3 atom stereocenters. The molecule has 2 aliphatic carbocycles. The second-order valence-electron chi connectivity index (χ2n) is 8.96. The van der Waals surface area contributed by atoms with Crippen molar-refractivity contribution in [3.63, 3.8) is 0 Å². The van der Waals surface area contributed by atoms with Crippen LogP contribution in [0.4, 0.5) is 4.39 Å². The summed E-state index contributed by atoms with van der Waals surface area (Å²) in [6.07, 6.45) is 6.57. The lowest BCUT2D eigenvalue weighted by Gasteiger charge is -2.37.